The van der Waals surface area contributed by atoms with Crippen LogP contribution < -0.4 is 5.46 Å². The van der Waals surface area contributed by atoms with Crippen LogP contribution in [0, 0.1) is 0 Å². The first-order valence-electron chi connectivity index (χ1n) is 4.72. The summed E-state index contributed by atoms with van der Waals surface area (Å²) in [7, 11) is 5.63. The number of benzene rings is 1. The number of hydrogen-bond acceptors (Lipinski definition) is 2. The maximum absolute atomic E-state index is 5.63. The van der Waals surface area contributed by atoms with Gasteiger partial charge in [0.05, 0.1) is 0 Å². The first kappa shape index (κ1) is 13.2. The third kappa shape index (κ3) is 2.86. The van der Waals surface area contributed by atoms with E-state index in [0.717, 1.165) is 11.4 Å². The van der Waals surface area contributed by atoms with Gasteiger partial charge >= 0.3 is 74.7 Å². The Balaban J connectivity index is 0.000000845. The molecule has 14 heavy (non-hydrogen) atoms. The zero-order valence-corrected chi connectivity index (χ0v) is 8.19. The molecule has 0 aromatic heterocycles. The van der Waals surface area contributed by atoms with Crippen LogP contribution in [0.25, 0.3) is 0 Å². The second-order valence-electron chi connectivity index (χ2n) is 3.65. The number of hydrogen-bond donors (Lipinski definition) is 0. The smallest absolute Gasteiger partial charge is 0.870 e. The van der Waals surface area contributed by atoms with Crippen molar-refractivity contribution in [2.45, 2.75) is 31.6 Å². The minimum atomic E-state index is 0. The van der Waals surface area contributed by atoms with Gasteiger partial charge in [-0.2, -0.15) is 0 Å². The Labute approximate surface area is 86.4 Å². The summed E-state index contributed by atoms with van der Waals surface area (Å²) in [5, 5.41) is 0. The van der Waals surface area contributed by atoms with Crippen molar-refractivity contribution in [3.8, 4) is 0 Å². The molecule has 1 aromatic carbocycles. The van der Waals surface area contributed by atoms with Crippen molar-refractivity contribution >= 4 is 13.3 Å². The van der Waals surface area contributed by atoms with Crippen LogP contribution in [0.5, 0.6) is 0 Å². The minimum Gasteiger partial charge on any atom is -0.870 e. The second-order valence-corrected chi connectivity index (χ2v) is 3.65. The quantitative estimate of drug-likeness (QED) is 0.633. The third-order valence-electron chi connectivity index (χ3n) is 2.76. The van der Waals surface area contributed by atoms with E-state index in [1.54, 1.807) is 0 Å². The van der Waals surface area contributed by atoms with Gasteiger partial charge < -0.3 is 11.0 Å². The molecule has 0 atom stereocenters. The van der Waals surface area contributed by atoms with Crippen molar-refractivity contribution < 1.29 is 11.0 Å². The molecule has 0 heterocycles. The molecule has 1 aliphatic carbocycles. The van der Waals surface area contributed by atoms with Crippen LogP contribution in [0.4, 0.5) is 0 Å². The first-order chi connectivity index (χ1) is 5.86. The van der Waals surface area contributed by atoms with E-state index < -0.39 is 0 Å². The van der Waals surface area contributed by atoms with Crippen LogP contribution in [-0.4, -0.2) is 18.8 Å². The standard InChI is InChI=1S/C11H13B.2H2O/c12-11-7-5-10(6-8-11)9-3-1-2-4-9;;/h5-9H,1-4H2;2*1H2/q+2;;/p-2. The molecular weight excluding hydrogens is 175 g/mol. The summed E-state index contributed by atoms with van der Waals surface area (Å²) in [6.45, 7) is 0. The SMILES string of the molecule is [B+2]c1ccc(C2CCCC2)cc1.[OH-].[OH-]. The van der Waals surface area contributed by atoms with Crippen LogP contribution >= 0.6 is 0 Å². The molecule has 1 saturated carbocycles. The van der Waals surface area contributed by atoms with Gasteiger partial charge in [-0.1, -0.05) is 0 Å². The zero-order chi connectivity index (χ0) is 8.39. The first-order valence-corrected chi connectivity index (χ1v) is 4.72. The van der Waals surface area contributed by atoms with Gasteiger partial charge in [0.15, 0.2) is 0 Å². The molecule has 2 nitrogen and oxygen atoms in total. The maximum Gasteiger partial charge on any atom is -0.870 e. The van der Waals surface area contributed by atoms with Gasteiger partial charge in [0.25, 0.3) is 0 Å². The van der Waals surface area contributed by atoms with Crippen LogP contribution in [-0.2, 0) is 0 Å². The van der Waals surface area contributed by atoms with Crippen molar-refractivity contribution in [2.75, 3.05) is 0 Å². The Morgan fingerprint density at radius 1 is 0.929 bits per heavy atom. The number of rotatable bonds is 1. The van der Waals surface area contributed by atoms with Crippen LogP contribution in [0.2, 0.25) is 0 Å². The van der Waals surface area contributed by atoms with Crippen molar-refractivity contribution in [1.82, 2.24) is 0 Å². The Morgan fingerprint density at radius 3 is 1.93 bits per heavy atom. The molecule has 74 valence electrons. The summed E-state index contributed by atoms with van der Waals surface area (Å²) in [5.74, 6) is 0.811. The van der Waals surface area contributed by atoms with E-state index >= 15 is 0 Å². The van der Waals surface area contributed by atoms with E-state index in [1.165, 1.54) is 31.2 Å². The molecule has 0 spiro atoms. The largest absolute Gasteiger partial charge is 0.870 e. The van der Waals surface area contributed by atoms with E-state index in [-0.39, 0.29) is 11.0 Å². The van der Waals surface area contributed by atoms with Gasteiger partial charge in [-0.15, -0.1) is 0 Å². The normalized spacial score (nSPS) is 15.9. The molecule has 3 heteroatoms. The Morgan fingerprint density at radius 2 is 1.43 bits per heavy atom. The predicted octanol–water partition coefficient (Wildman–Crippen LogP) is 1.78. The molecule has 0 saturated heterocycles. The summed E-state index contributed by atoms with van der Waals surface area (Å²) in [5.41, 5.74) is 2.35. The van der Waals surface area contributed by atoms with E-state index in [1.807, 2.05) is 12.1 Å². The third-order valence-corrected chi connectivity index (χ3v) is 2.76. The molecule has 2 N–H and O–H groups in total. The summed E-state index contributed by atoms with van der Waals surface area (Å²) in [6, 6.07) is 8.36. The maximum atomic E-state index is 5.63. The van der Waals surface area contributed by atoms with E-state index in [2.05, 4.69) is 12.1 Å². The molecule has 0 unspecified atom stereocenters. The summed E-state index contributed by atoms with van der Waals surface area (Å²) in [6.07, 6.45) is 5.53. The topological polar surface area (TPSA) is 60.0 Å². The van der Waals surface area contributed by atoms with Crippen molar-refractivity contribution in [2.24, 2.45) is 0 Å². The van der Waals surface area contributed by atoms with E-state index in [9.17, 15) is 0 Å². The predicted molar refractivity (Wildman–Crippen MR) is 56.9 cm³/mol. The van der Waals surface area contributed by atoms with Crippen molar-refractivity contribution in [1.29, 1.82) is 0 Å². The van der Waals surface area contributed by atoms with E-state index in [0.29, 0.717) is 0 Å². The molecule has 0 bridgehead atoms. The fraction of sp³-hybridized carbons (Fsp3) is 0.455. The second kappa shape index (κ2) is 5.84. The molecule has 1 aromatic rings. The van der Waals surface area contributed by atoms with Crippen LogP contribution in [0.1, 0.15) is 37.2 Å². The Bertz CT molecular complexity index is 252. The van der Waals surface area contributed by atoms with E-state index in [4.69, 9.17) is 7.85 Å². The summed E-state index contributed by atoms with van der Waals surface area (Å²) in [4.78, 5) is 0. The molecule has 0 amide bonds. The molecule has 0 radical (unpaired) electrons. The van der Waals surface area contributed by atoms with Crippen LogP contribution in [0.3, 0.4) is 0 Å². The summed E-state index contributed by atoms with van der Waals surface area (Å²) < 4.78 is 0. The fourth-order valence-electron chi connectivity index (χ4n) is 2.03. The van der Waals surface area contributed by atoms with Gasteiger partial charge in [-0.3, -0.25) is 0 Å². The average molecular weight is 190 g/mol. The van der Waals surface area contributed by atoms with Gasteiger partial charge in [0.2, 0.25) is 0 Å². The van der Waals surface area contributed by atoms with Gasteiger partial charge in [0, 0.05) is 0 Å². The van der Waals surface area contributed by atoms with Gasteiger partial charge in [-0.25, -0.2) is 0 Å². The molecular formula is C11H15BO2. The van der Waals surface area contributed by atoms with Crippen molar-refractivity contribution in [3.63, 3.8) is 0 Å². The Hall–Kier alpha value is -0.795. The van der Waals surface area contributed by atoms with Crippen molar-refractivity contribution in [3.05, 3.63) is 29.8 Å². The average Bonchev–Trinajstić information content (AvgIpc) is 2.58. The van der Waals surface area contributed by atoms with Crippen LogP contribution in [0.15, 0.2) is 24.3 Å². The minimum absolute atomic E-state index is 0. The molecule has 0 aliphatic heterocycles. The zero-order valence-electron chi connectivity index (χ0n) is 8.19. The Kier molecular flexibility index (Phi) is 5.50. The summed E-state index contributed by atoms with van der Waals surface area (Å²) >= 11 is 0. The monoisotopic (exact) mass is 190 g/mol. The van der Waals surface area contributed by atoms with Gasteiger partial charge in [-0.05, 0) is 0 Å². The van der Waals surface area contributed by atoms with Gasteiger partial charge in [0.1, 0.15) is 0 Å². The molecule has 2 rings (SSSR count). The fourth-order valence-corrected chi connectivity index (χ4v) is 2.03. The molecule has 1 fully saturated rings. The molecule has 1 aliphatic rings.